The maximum Gasteiger partial charge on any atom is 0.138 e. The van der Waals surface area contributed by atoms with Crippen LogP contribution in [0.5, 0.6) is 0 Å². The Balaban J connectivity index is 3.20. The summed E-state index contributed by atoms with van der Waals surface area (Å²) < 4.78 is 33.3. The van der Waals surface area contributed by atoms with Gasteiger partial charge in [0.25, 0.3) is 0 Å². The fraction of sp³-hybridized carbons (Fsp3) is 0.143. The number of hydrogen-bond donors (Lipinski definition) is 0. The summed E-state index contributed by atoms with van der Waals surface area (Å²) >= 11 is -2.47. The molecule has 60 valence electrons. The zero-order valence-electron chi connectivity index (χ0n) is 5.83. The third-order valence-corrected chi connectivity index (χ3v) is 1.96. The molecular weight excluding hydrogens is 167 g/mol. The van der Waals surface area contributed by atoms with E-state index in [1.165, 1.54) is 12.1 Å². The van der Waals surface area contributed by atoms with Crippen LogP contribution in [0.1, 0.15) is 5.56 Å². The highest BCUT2D eigenvalue weighted by Gasteiger charge is 2.00. The van der Waals surface area contributed by atoms with E-state index in [1.54, 1.807) is 13.0 Å². The minimum atomic E-state index is -2.47. The number of hydrogen-bond acceptors (Lipinski definition) is 2. The van der Waals surface area contributed by atoms with E-state index in [2.05, 4.69) is 0 Å². The predicted molar refractivity (Wildman–Crippen MR) is 38.3 cm³/mol. The minimum Gasteiger partial charge on any atom is -0.768 e. The average molecular weight is 173 g/mol. The van der Waals surface area contributed by atoms with Crippen LogP contribution in [-0.2, 0) is 11.1 Å². The lowest BCUT2D eigenvalue weighted by atomic mass is 10.2. The molecule has 1 aromatic rings. The van der Waals surface area contributed by atoms with Crippen LogP contribution in [0.15, 0.2) is 23.1 Å². The molecule has 4 heteroatoms. The summed E-state index contributed by atoms with van der Waals surface area (Å²) in [6.45, 7) is 1.70. The van der Waals surface area contributed by atoms with Gasteiger partial charge in [-0.3, -0.25) is 4.21 Å². The number of benzene rings is 1. The van der Waals surface area contributed by atoms with Crippen molar-refractivity contribution in [3.63, 3.8) is 0 Å². The Kier molecular flexibility index (Phi) is 2.36. The van der Waals surface area contributed by atoms with E-state index in [-0.39, 0.29) is 4.90 Å². The van der Waals surface area contributed by atoms with Crippen molar-refractivity contribution in [2.24, 2.45) is 0 Å². The van der Waals surface area contributed by atoms with E-state index in [4.69, 9.17) is 0 Å². The van der Waals surface area contributed by atoms with Crippen molar-refractivity contribution >= 4 is 11.1 Å². The molecule has 0 aliphatic carbocycles. The molecule has 2 nitrogen and oxygen atoms in total. The van der Waals surface area contributed by atoms with Crippen LogP contribution in [0.3, 0.4) is 0 Å². The summed E-state index contributed by atoms with van der Waals surface area (Å²) in [5.41, 5.74) is 0.705. The molecule has 0 saturated heterocycles. The molecule has 0 aromatic heterocycles. The Hall–Kier alpha value is -0.740. The Morgan fingerprint density at radius 1 is 1.55 bits per heavy atom. The average Bonchev–Trinajstić information content (AvgIpc) is 1.85. The van der Waals surface area contributed by atoms with Crippen LogP contribution in [0, 0.1) is 12.7 Å². The molecule has 0 aliphatic heterocycles. The van der Waals surface area contributed by atoms with Crippen LogP contribution >= 0.6 is 0 Å². The molecule has 11 heavy (non-hydrogen) atoms. The van der Waals surface area contributed by atoms with E-state index < -0.39 is 16.9 Å². The van der Waals surface area contributed by atoms with Crippen LogP contribution in [0.4, 0.5) is 4.39 Å². The lowest BCUT2D eigenvalue weighted by Crippen LogP contribution is -1.93. The van der Waals surface area contributed by atoms with Gasteiger partial charge < -0.3 is 4.55 Å². The van der Waals surface area contributed by atoms with Gasteiger partial charge in [-0.05, 0) is 35.7 Å². The fourth-order valence-electron chi connectivity index (χ4n) is 0.741. The molecule has 0 bridgehead atoms. The Morgan fingerprint density at radius 2 is 2.18 bits per heavy atom. The molecule has 1 atom stereocenters. The van der Waals surface area contributed by atoms with Crippen LogP contribution in [0.25, 0.3) is 0 Å². The van der Waals surface area contributed by atoms with Crippen molar-refractivity contribution in [2.75, 3.05) is 0 Å². The van der Waals surface area contributed by atoms with Crippen molar-refractivity contribution in [3.8, 4) is 0 Å². The fourth-order valence-corrected chi connectivity index (χ4v) is 1.14. The van der Waals surface area contributed by atoms with E-state index in [1.807, 2.05) is 0 Å². The Labute approximate surface area is 66.3 Å². The van der Waals surface area contributed by atoms with E-state index >= 15 is 0 Å². The van der Waals surface area contributed by atoms with Gasteiger partial charge in [0.2, 0.25) is 0 Å². The summed E-state index contributed by atoms with van der Waals surface area (Å²) in [4.78, 5) is -0.282. The summed E-state index contributed by atoms with van der Waals surface area (Å²) in [6, 6.07) is 3.98. The van der Waals surface area contributed by atoms with Crippen molar-refractivity contribution in [2.45, 2.75) is 11.8 Å². The molecule has 0 spiro atoms. The number of halogens is 1. The maximum atomic E-state index is 12.7. The lowest BCUT2D eigenvalue weighted by Gasteiger charge is -2.05. The largest absolute Gasteiger partial charge is 0.768 e. The molecule has 0 N–H and O–H groups in total. The first-order chi connectivity index (χ1) is 5.11. The van der Waals surface area contributed by atoms with Crippen LogP contribution < -0.4 is 0 Å². The molecule has 0 heterocycles. The van der Waals surface area contributed by atoms with Gasteiger partial charge >= 0.3 is 0 Å². The van der Waals surface area contributed by atoms with Gasteiger partial charge in [0.1, 0.15) is 5.82 Å². The van der Waals surface area contributed by atoms with E-state index in [0.717, 1.165) is 0 Å². The zero-order chi connectivity index (χ0) is 8.43. The third-order valence-electron chi connectivity index (χ3n) is 1.27. The van der Waals surface area contributed by atoms with Crippen LogP contribution in [0.2, 0.25) is 0 Å². The van der Waals surface area contributed by atoms with E-state index in [0.29, 0.717) is 5.56 Å². The topological polar surface area (TPSA) is 40.1 Å². The molecule has 1 rings (SSSR count). The Bertz CT molecular complexity index is 298. The van der Waals surface area contributed by atoms with Gasteiger partial charge in [0, 0.05) is 0 Å². The van der Waals surface area contributed by atoms with Gasteiger partial charge in [-0.25, -0.2) is 4.39 Å². The van der Waals surface area contributed by atoms with Gasteiger partial charge in [-0.15, -0.1) is 0 Å². The highest BCUT2D eigenvalue weighted by Crippen LogP contribution is 2.12. The zero-order valence-corrected chi connectivity index (χ0v) is 6.65. The first-order valence-electron chi connectivity index (χ1n) is 2.96. The van der Waals surface area contributed by atoms with Gasteiger partial charge in [0.05, 0.1) is 4.90 Å². The molecular formula is C7H6FO2S-. The Morgan fingerprint density at radius 3 is 2.64 bits per heavy atom. The van der Waals surface area contributed by atoms with Crippen molar-refractivity contribution < 1.29 is 13.2 Å². The van der Waals surface area contributed by atoms with Crippen LogP contribution in [-0.4, -0.2) is 8.76 Å². The second kappa shape index (κ2) is 3.11. The molecule has 1 unspecified atom stereocenters. The highest BCUT2D eigenvalue weighted by atomic mass is 32.2. The first-order valence-corrected chi connectivity index (χ1v) is 4.04. The maximum absolute atomic E-state index is 12.7. The predicted octanol–water partition coefficient (Wildman–Crippen LogP) is 1.37. The normalized spacial score (nSPS) is 13.0. The highest BCUT2D eigenvalue weighted by molar-refractivity contribution is 7.79. The standard InChI is InChI=1S/C7H7FO2S/c1-5-2-3-7(11(9)10)6(8)4-5/h2-4H,1H3,(H,9,10)/p-1. The summed E-state index contributed by atoms with van der Waals surface area (Å²) in [5.74, 6) is -0.696. The second-order valence-electron chi connectivity index (χ2n) is 2.17. The number of rotatable bonds is 1. The molecule has 0 fully saturated rings. The lowest BCUT2D eigenvalue weighted by molar-refractivity contribution is 0.523. The summed E-state index contributed by atoms with van der Waals surface area (Å²) in [6.07, 6.45) is 0. The molecule has 0 radical (unpaired) electrons. The van der Waals surface area contributed by atoms with Gasteiger partial charge in [-0.1, -0.05) is 6.07 Å². The van der Waals surface area contributed by atoms with E-state index in [9.17, 15) is 13.2 Å². The van der Waals surface area contributed by atoms with Crippen molar-refractivity contribution in [1.82, 2.24) is 0 Å². The van der Waals surface area contributed by atoms with Gasteiger partial charge in [0.15, 0.2) is 0 Å². The van der Waals surface area contributed by atoms with Crippen molar-refractivity contribution in [3.05, 3.63) is 29.6 Å². The quantitative estimate of drug-likeness (QED) is 0.602. The molecule has 0 amide bonds. The smallest absolute Gasteiger partial charge is 0.138 e. The van der Waals surface area contributed by atoms with Gasteiger partial charge in [-0.2, -0.15) is 0 Å². The monoisotopic (exact) mass is 173 g/mol. The number of aryl methyl sites for hydroxylation is 1. The molecule has 1 aromatic carbocycles. The third kappa shape index (κ3) is 1.85. The minimum absolute atomic E-state index is 0.282. The summed E-state index contributed by atoms with van der Waals surface area (Å²) in [7, 11) is 0. The van der Waals surface area contributed by atoms with Crippen molar-refractivity contribution in [1.29, 1.82) is 0 Å². The first kappa shape index (κ1) is 8.36. The second-order valence-corrected chi connectivity index (χ2v) is 3.08. The molecule has 0 saturated carbocycles. The SMILES string of the molecule is Cc1ccc(S(=O)[O-])c(F)c1. The summed E-state index contributed by atoms with van der Waals surface area (Å²) in [5, 5.41) is 0. The molecule has 0 aliphatic rings.